The van der Waals surface area contributed by atoms with Crippen LogP contribution in [0.5, 0.6) is 0 Å². The zero-order valence-electron chi connectivity index (χ0n) is 5.69. The summed E-state index contributed by atoms with van der Waals surface area (Å²) in [6.07, 6.45) is 0. The van der Waals surface area contributed by atoms with Gasteiger partial charge in [-0.05, 0) is 18.8 Å². The van der Waals surface area contributed by atoms with Crippen molar-refractivity contribution in [1.82, 2.24) is 0 Å². The van der Waals surface area contributed by atoms with Gasteiger partial charge in [0.1, 0.15) is 0 Å². The first-order valence-electron chi connectivity index (χ1n) is 2.13. The summed E-state index contributed by atoms with van der Waals surface area (Å²) in [5.41, 5.74) is 0. The van der Waals surface area contributed by atoms with Crippen LogP contribution < -0.4 is 18.9 Å². The van der Waals surface area contributed by atoms with Crippen molar-refractivity contribution in [3.05, 3.63) is 24.5 Å². The molecule has 2 heteroatoms. The molecule has 8 heavy (non-hydrogen) atoms. The van der Waals surface area contributed by atoms with Crippen molar-refractivity contribution < 1.29 is 18.9 Å². The van der Waals surface area contributed by atoms with Gasteiger partial charge in [0.25, 0.3) is 0 Å². The van der Waals surface area contributed by atoms with Crippen molar-refractivity contribution in [3.63, 3.8) is 0 Å². The molecule has 0 spiro atoms. The molecule has 0 nitrogen and oxygen atoms in total. The molecule has 0 bridgehead atoms. The van der Waals surface area contributed by atoms with Gasteiger partial charge >= 0.3 is 18.9 Å². The van der Waals surface area contributed by atoms with Gasteiger partial charge in [0, 0.05) is 5.75 Å². The van der Waals surface area contributed by atoms with E-state index >= 15 is 0 Å². The second-order valence-corrected chi connectivity index (χ2v) is 1.82. The summed E-state index contributed by atoms with van der Waals surface area (Å²) in [6.45, 7) is 7.59. The molecule has 0 aromatic heterocycles. The van der Waals surface area contributed by atoms with E-state index in [1.165, 1.54) is 0 Å². The fourth-order valence-corrected chi connectivity index (χ4v) is 0.302. The molecular weight excluding hydrogens is 111 g/mol. The maximum absolute atomic E-state index is 4.63. The van der Waals surface area contributed by atoms with Crippen LogP contribution in [0.15, 0.2) is 0 Å². The van der Waals surface area contributed by atoms with Crippen molar-refractivity contribution in [3.8, 4) is 0 Å². The van der Waals surface area contributed by atoms with E-state index in [4.69, 9.17) is 0 Å². The summed E-state index contributed by atoms with van der Waals surface area (Å²) < 4.78 is 0. The van der Waals surface area contributed by atoms with Crippen LogP contribution in [0.1, 0.15) is 13.8 Å². The second-order valence-electron chi connectivity index (χ2n) is 1.58. The first-order valence-corrected chi connectivity index (χ1v) is 2.60. The number of hydrogen-bond acceptors (Lipinski definition) is 0. The molecule has 39 valence electrons. The van der Waals surface area contributed by atoms with E-state index in [0.29, 0.717) is 0 Å². The van der Waals surface area contributed by atoms with Crippen molar-refractivity contribution in [2.45, 2.75) is 13.8 Å². The minimum absolute atomic E-state index is 0. The Hall–Kier alpha value is 0.947. The van der Waals surface area contributed by atoms with Crippen molar-refractivity contribution in [1.29, 1.82) is 0 Å². The molecule has 0 N–H and O–H groups in total. The first kappa shape index (κ1) is 11.7. The summed E-state index contributed by atoms with van der Waals surface area (Å²) in [4.78, 5) is 0. The third-order valence-corrected chi connectivity index (χ3v) is 1.20. The van der Waals surface area contributed by atoms with Crippen LogP contribution in [0, 0.1) is 24.5 Å². The topological polar surface area (TPSA) is 0 Å². The van der Waals surface area contributed by atoms with Gasteiger partial charge in [-0.25, -0.2) is 0 Å². The van der Waals surface area contributed by atoms with Crippen molar-refractivity contribution >= 4 is 12.6 Å². The van der Waals surface area contributed by atoms with Crippen molar-refractivity contribution in [2.24, 2.45) is 0 Å². The zero-order valence-corrected chi connectivity index (χ0v) is 6.51. The molecule has 0 aliphatic rings. The van der Waals surface area contributed by atoms with Gasteiger partial charge in [0.05, 0.1) is 0 Å². The van der Waals surface area contributed by atoms with Gasteiger partial charge in [0.2, 0.25) is 0 Å². The minimum atomic E-state index is 0. The van der Waals surface area contributed by atoms with E-state index in [-0.39, 0.29) is 18.9 Å². The van der Waals surface area contributed by atoms with Gasteiger partial charge in [-0.3, -0.25) is 0 Å². The number of hydrogen-bond donors (Lipinski definition) is 0. The van der Waals surface area contributed by atoms with Crippen LogP contribution in [0.3, 0.4) is 0 Å². The Morgan fingerprint density at radius 1 is 1.50 bits per heavy atom. The molecule has 0 rings (SSSR count). The molecule has 0 aliphatic carbocycles. The summed E-state index contributed by atoms with van der Waals surface area (Å²) >= 11 is 4.63. The quantitative estimate of drug-likeness (QED) is 0.426. The molecule has 0 aromatic carbocycles. The SMILES string of the molecule is [CH2][C](C)[C](C)[CH][S].[Li+]. The van der Waals surface area contributed by atoms with Gasteiger partial charge in [-0.15, -0.1) is 0 Å². The Morgan fingerprint density at radius 2 is 1.88 bits per heavy atom. The molecule has 0 saturated carbocycles. The molecule has 0 unspecified atom stereocenters. The van der Waals surface area contributed by atoms with Gasteiger partial charge in [-0.2, -0.15) is 0 Å². The Balaban J connectivity index is 0. The fraction of sp³-hybridized carbons (Fsp3) is 0.333. The number of rotatable bonds is 2. The van der Waals surface area contributed by atoms with Crippen LogP contribution >= 0.6 is 12.6 Å². The third-order valence-electron chi connectivity index (χ3n) is 0.850. The molecule has 0 saturated heterocycles. The average molecular weight is 120 g/mol. The van der Waals surface area contributed by atoms with Crippen molar-refractivity contribution in [2.75, 3.05) is 0 Å². The molecule has 0 aliphatic heterocycles. The Labute approximate surface area is 70.0 Å². The maximum atomic E-state index is 4.63. The largest absolute Gasteiger partial charge is 1.00 e. The molecule has 0 amide bonds. The summed E-state index contributed by atoms with van der Waals surface area (Å²) in [5, 5.41) is 0. The normalized spacial score (nSPS) is 9.75. The Morgan fingerprint density at radius 3 is 1.88 bits per heavy atom. The standard InChI is InChI=1S/C6H9S.Li/c1-5(2)6(3)4-7;/h4H,1H2,2-3H3;/q;+1. The summed E-state index contributed by atoms with van der Waals surface area (Å²) in [7, 11) is 0. The van der Waals surface area contributed by atoms with Crippen LogP contribution in [-0.4, -0.2) is 0 Å². The van der Waals surface area contributed by atoms with E-state index in [0.717, 1.165) is 11.8 Å². The molecule has 0 fully saturated rings. The molecule has 0 aromatic rings. The Kier molecular flexibility index (Phi) is 8.89. The van der Waals surface area contributed by atoms with E-state index in [9.17, 15) is 0 Å². The van der Waals surface area contributed by atoms with Gasteiger partial charge in [0.15, 0.2) is 0 Å². The smallest absolute Gasteiger partial charge is 0.0885 e. The maximum Gasteiger partial charge on any atom is 1.00 e. The molecule has 5 radical (unpaired) electrons. The molecule has 0 heterocycles. The second kappa shape index (κ2) is 6.07. The fourth-order valence-electron chi connectivity index (χ4n) is 0.101. The van der Waals surface area contributed by atoms with Crippen LogP contribution in [0.2, 0.25) is 0 Å². The zero-order chi connectivity index (χ0) is 5.86. The molecular formula is C6H9LiS+. The van der Waals surface area contributed by atoms with Crippen LogP contribution in [0.25, 0.3) is 0 Å². The summed E-state index contributed by atoms with van der Waals surface area (Å²) in [5.74, 6) is 3.78. The van der Waals surface area contributed by atoms with E-state index < -0.39 is 0 Å². The molecule has 0 atom stereocenters. The first-order chi connectivity index (χ1) is 3.18. The Bertz CT molecular complexity index is 45.8. The van der Waals surface area contributed by atoms with E-state index in [2.05, 4.69) is 19.6 Å². The minimum Gasteiger partial charge on any atom is -0.0885 e. The predicted molar refractivity (Wildman–Crippen MR) is 35.1 cm³/mol. The van der Waals surface area contributed by atoms with E-state index in [1.54, 1.807) is 5.75 Å². The summed E-state index contributed by atoms with van der Waals surface area (Å²) in [6, 6.07) is 0. The predicted octanol–water partition coefficient (Wildman–Crippen LogP) is -0.627. The van der Waals surface area contributed by atoms with Crippen LogP contribution in [0.4, 0.5) is 0 Å². The van der Waals surface area contributed by atoms with E-state index in [1.807, 2.05) is 13.8 Å². The third kappa shape index (κ3) is 5.09. The van der Waals surface area contributed by atoms with Gasteiger partial charge < -0.3 is 0 Å². The monoisotopic (exact) mass is 120 g/mol. The average Bonchev–Trinajstić information content (AvgIpc) is 1.65. The van der Waals surface area contributed by atoms with Crippen LogP contribution in [-0.2, 0) is 0 Å². The van der Waals surface area contributed by atoms with Gasteiger partial charge in [-0.1, -0.05) is 26.5 Å².